The van der Waals surface area contributed by atoms with E-state index in [9.17, 15) is 13.6 Å². The summed E-state index contributed by atoms with van der Waals surface area (Å²) in [5.74, 6) is -1.05. The van der Waals surface area contributed by atoms with Crippen molar-refractivity contribution in [2.75, 3.05) is 13.1 Å². The molecule has 0 atom stereocenters. The maximum atomic E-state index is 13.4. The number of pyridine rings is 1. The molecule has 0 unspecified atom stereocenters. The van der Waals surface area contributed by atoms with Crippen molar-refractivity contribution < 1.29 is 13.6 Å². The zero-order chi connectivity index (χ0) is 17.4. The number of piperidine rings is 1. The van der Waals surface area contributed by atoms with Crippen molar-refractivity contribution in [3.8, 4) is 11.4 Å². The van der Waals surface area contributed by atoms with Crippen LogP contribution in [0.4, 0.5) is 8.78 Å². The standard InChI is InChI=1S/C18H16F2N4O/c19-14-8-13(9-15(20)11-14)17-22-21-16-10-12(4-7-24(16)17)18(25)23-5-2-1-3-6-23/h4,7-11H,1-3,5-6H2. The lowest BCUT2D eigenvalue weighted by Gasteiger charge is -2.26. The molecule has 2 aromatic heterocycles. The first-order valence-electron chi connectivity index (χ1n) is 8.22. The van der Waals surface area contributed by atoms with Crippen molar-refractivity contribution in [1.29, 1.82) is 0 Å². The summed E-state index contributed by atoms with van der Waals surface area (Å²) in [4.78, 5) is 14.4. The van der Waals surface area contributed by atoms with Crippen LogP contribution in [-0.2, 0) is 0 Å². The molecular formula is C18H16F2N4O. The molecule has 3 aromatic rings. The van der Waals surface area contributed by atoms with E-state index in [4.69, 9.17) is 0 Å². The van der Waals surface area contributed by atoms with E-state index in [0.717, 1.165) is 38.4 Å². The van der Waals surface area contributed by atoms with Gasteiger partial charge in [-0.05, 0) is 43.5 Å². The fraction of sp³-hybridized carbons (Fsp3) is 0.278. The molecule has 1 amide bonds. The smallest absolute Gasteiger partial charge is 0.254 e. The summed E-state index contributed by atoms with van der Waals surface area (Å²) in [7, 11) is 0. The lowest BCUT2D eigenvalue weighted by Crippen LogP contribution is -2.35. The molecule has 1 fully saturated rings. The van der Waals surface area contributed by atoms with E-state index < -0.39 is 11.6 Å². The molecule has 0 radical (unpaired) electrons. The number of carbonyl (C=O) groups is 1. The molecule has 1 aliphatic heterocycles. The van der Waals surface area contributed by atoms with Crippen LogP contribution >= 0.6 is 0 Å². The minimum absolute atomic E-state index is 0.0245. The molecule has 3 heterocycles. The highest BCUT2D eigenvalue weighted by molar-refractivity contribution is 5.95. The Balaban J connectivity index is 1.70. The zero-order valence-corrected chi connectivity index (χ0v) is 13.5. The fourth-order valence-corrected chi connectivity index (χ4v) is 3.18. The van der Waals surface area contributed by atoms with E-state index in [-0.39, 0.29) is 5.91 Å². The molecule has 0 N–H and O–H groups in total. The van der Waals surface area contributed by atoms with Gasteiger partial charge in [-0.2, -0.15) is 0 Å². The van der Waals surface area contributed by atoms with E-state index in [1.54, 1.807) is 22.7 Å². The average Bonchev–Trinajstić information content (AvgIpc) is 3.04. The van der Waals surface area contributed by atoms with Crippen molar-refractivity contribution in [3.63, 3.8) is 0 Å². The molecular weight excluding hydrogens is 326 g/mol. The van der Waals surface area contributed by atoms with Crippen LogP contribution in [0, 0.1) is 11.6 Å². The molecule has 0 spiro atoms. The maximum absolute atomic E-state index is 13.4. The third-order valence-corrected chi connectivity index (χ3v) is 4.42. The quantitative estimate of drug-likeness (QED) is 0.718. The number of amides is 1. The van der Waals surface area contributed by atoms with Crippen molar-refractivity contribution in [1.82, 2.24) is 19.5 Å². The number of hydrogen-bond donors (Lipinski definition) is 0. The number of benzene rings is 1. The van der Waals surface area contributed by atoms with Crippen LogP contribution in [0.2, 0.25) is 0 Å². The zero-order valence-electron chi connectivity index (χ0n) is 13.5. The first-order chi connectivity index (χ1) is 12.1. The summed E-state index contributed by atoms with van der Waals surface area (Å²) in [5, 5.41) is 8.06. The number of aromatic nitrogens is 3. The Kier molecular flexibility index (Phi) is 3.91. The number of rotatable bonds is 2. The Morgan fingerprint density at radius 1 is 0.960 bits per heavy atom. The van der Waals surface area contributed by atoms with Crippen LogP contribution in [0.3, 0.4) is 0 Å². The van der Waals surface area contributed by atoms with Crippen LogP contribution < -0.4 is 0 Å². The van der Waals surface area contributed by atoms with Gasteiger partial charge in [0.2, 0.25) is 0 Å². The predicted octanol–water partition coefficient (Wildman–Crippen LogP) is 3.30. The highest BCUT2D eigenvalue weighted by atomic mass is 19.1. The third kappa shape index (κ3) is 2.97. The number of hydrogen-bond acceptors (Lipinski definition) is 3. The molecule has 0 aliphatic carbocycles. The van der Waals surface area contributed by atoms with E-state index in [1.165, 1.54) is 12.1 Å². The van der Waals surface area contributed by atoms with Crippen LogP contribution in [-0.4, -0.2) is 38.5 Å². The second-order valence-electron chi connectivity index (χ2n) is 6.18. The minimum Gasteiger partial charge on any atom is -0.339 e. The van der Waals surface area contributed by atoms with Gasteiger partial charge >= 0.3 is 0 Å². The summed E-state index contributed by atoms with van der Waals surface area (Å²) < 4.78 is 28.5. The predicted molar refractivity (Wildman–Crippen MR) is 88.1 cm³/mol. The number of fused-ring (bicyclic) bond motifs is 1. The summed E-state index contributed by atoms with van der Waals surface area (Å²) in [6, 6.07) is 6.55. The lowest BCUT2D eigenvalue weighted by atomic mass is 10.1. The number of halogens is 2. The summed E-state index contributed by atoms with van der Waals surface area (Å²) in [6.07, 6.45) is 4.85. The summed E-state index contributed by atoms with van der Waals surface area (Å²) in [6.45, 7) is 1.54. The average molecular weight is 342 g/mol. The normalized spacial score (nSPS) is 14.9. The molecule has 1 saturated heterocycles. The minimum atomic E-state index is -0.677. The second kappa shape index (κ2) is 6.23. The lowest BCUT2D eigenvalue weighted by molar-refractivity contribution is 0.0724. The second-order valence-corrected chi connectivity index (χ2v) is 6.18. The Morgan fingerprint density at radius 3 is 2.40 bits per heavy atom. The van der Waals surface area contributed by atoms with Gasteiger partial charge < -0.3 is 4.90 Å². The van der Waals surface area contributed by atoms with Crippen molar-refractivity contribution >= 4 is 11.6 Å². The molecule has 7 heteroatoms. The van der Waals surface area contributed by atoms with Gasteiger partial charge in [0.15, 0.2) is 11.5 Å². The SMILES string of the molecule is O=C(c1ccn2c(-c3cc(F)cc(F)c3)nnc2c1)N1CCCCC1. The van der Waals surface area contributed by atoms with Gasteiger partial charge in [-0.15, -0.1) is 10.2 Å². The third-order valence-electron chi connectivity index (χ3n) is 4.42. The summed E-state index contributed by atoms with van der Waals surface area (Å²) in [5.41, 5.74) is 1.29. The largest absolute Gasteiger partial charge is 0.339 e. The molecule has 0 saturated carbocycles. The Hall–Kier alpha value is -2.83. The highest BCUT2D eigenvalue weighted by Crippen LogP contribution is 2.22. The van der Waals surface area contributed by atoms with Crippen LogP contribution in [0.5, 0.6) is 0 Å². The van der Waals surface area contributed by atoms with Crippen LogP contribution in [0.15, 0.2) is 36.5 Å². The van der Waals surface area contributed by atoms with Gasteiger partial charge in [0.1, 0.15) is 11.6 Å². The summed E-state index contributed by atoms with van der Waals surface area (Å²) >= 11 is 0. The number of carbonyl (C=O) groups excluding carboxylic acids is 1. The Labute approximate surface area is 142 Å². The van der Waals surface area contributed by atoms with E-state index in [0.29, 0.717) is 22.6 Å². The maximum Gasteiger partial charge on any atom is 0.254 e. The molecule has 128 valence electrons. The van der Waals surface area contributed by atoms with Crippen molar-refractivity contribution in [2.45, 2.75) is 19.3 Å². The van der Waals surface area contributed by atoms with Gasteiger partial charge in [0.05, 0.1) is 0 Å². The van der Waals surface area contributed by atoms with Crippen LogP contribution in [0.25, 0.3) is 17.0 Å². The van der Waals surface area contributed by atoms with Gasteiger partial charge in [0.25, 0.3) is 5.91 Å². The monoisotopic (exact) mass is 342 g/mol. The first-order valence-corrected chi connectivity index (χ1v) is 8.22. The van der Waals surface area contributed by atoms with Crippen LogP contribution in [0.1, 0.15) is 29.6 Å². The van der Waals surface area contributed by atoms with Gasteiger partial charge in [-0.3, -0.25) is 9.20 Å². The van der Waals surface area contributed by atoms with E-state index in [1.807, 2.05) is 4.90 Å². The molecule has 0 bridgehead atoms. The molecule has 1 aromatic carbocycles. The Bertz CT molecular complexity index is 927. The van der Waals surface area contributed by atoms with E-state index in [2.05, 4.69) is 10.2 Å². The van der Waals surface area contributed by atoms with Gasteiger partial charge in [-0.25, -0.2) is 8.78 Å². The fourth-order valence-electron chi connectivity index (χ4n) is 3.18. The molecule has 1 aliphatic rings. The highest BCUT2D eigenvalue weighted by Gasteiger charge is 2.19. The van der Waals surface area contributed by atoms with E-state index >= 15 is 0 Å². The number of likely N-dealkylation sites (tertiary alicyclic amines) is 1. The van der Waals surface area contributed by atoms with Crippen molar-refractivity contribution in [3.05, 3.63) is 53.7 Å². The van der Waals surface area contributed by atoms with Crippen molar-refractivity contribution in [2.24, 2.45) is 0 Å². The first kappa shape index (κ1) is 15.7. The molecule has 4 rings (SSSR count). The molecule has 5 nitrogen and oxygen atoms in total. The molecule has 25 heavy (non-hydrogen) atoms. The van der Waals surface area contributed by atoms with Gasteiger partial charge in [-0.1, -0.05) is 0 Å². The Morgan fingerprint density at radius 2 is 1.68 bits per heavy atom. The topological polar surface area (TPSA) is 50.5 Å². The van der Waals surface area contributed by atoms with Gasteiger partial charge in [0, 0.05) is 36.5 Å². The number of nitrogens with zero attached hydrogens (tertiary/aromatic N) is 4.